The molecule has 7 nitrogen and oxygen atoms in total. The second-order valence-electron chi connectivity index (χ2n) is 3.08. The second kappa shape index (κ2) is 6.51. The van der Waals surface area contributed by atoms with Gasteiger partial charge in [-0.05, 0) is 0 Å². The zero-order valence-electron chi connectivity index (χ0n) is 9.09. The number of carbonyl (C=O) groups is 1. The second-order valence-corrected chi connectivity index (χ2v) is 4.23. The van der Waals surface area contributed by atoms with Crippen LogP contribution in [0.15, 0.2) is 12.7 Å². The number of hydrogen-bond acceptors (Lipinski definition) is 6. The van der Waals surface area contributed by atoms with Crippen LogP contribution >= 0.6 is 0 Å². The molecule has 0 heterocycles. The quantitative estimate of drug-likeness (QED) is 0.216. The van der Waals surface area contributed by atoms with Crippen LogP contribution in [0.25, 0.3) is 0 Å². The molecule has 90 valence electrons. The van der Waals surface area contributed by atoms with Crippen LogP contribution in [0.3, 0.4) is 0 Å². The minimum atomic E-state index is -4.41. The Morgan fingerprint density at radius 2 is 1.73 bits per heavy atom. The third kappa shape index (κ3) is 19.4. The lowest BCUT2D eigenvalue weighted by Gasteiger charge is -2.18. The summed E-state index contributed by atoms with van der Waals surface area (Å²) in [6, 6.07) is 0. The largest absolute Gasteiger partial charge is 0.726 e. The first-order chi connectivity index (χ1) is 6.52. The molecule has 0 unspecified atom stereocenters. The molecule has 0 saturated carbocycles. The van der Waals surface area contributed by atoms with Gasteiger partial charge in [0, 0.05) is 6.08 Å². The van der Waals surface area contributed by atoms with E-state index < -0.39 is 16.4 Å². The highest BCUT2D eigenvalue weighted by Crippen LogP contribution is 1.92. The van der Waals surface area contributed by atoms with E-state index >= 15 is 0 Å². The molecule has 0 N–H and O–H groups in total. The van der Waals surface area contributed by atoms with Crippen LogP contribution in [-0.2, 0) is 24.2 Å². The fourth-order valence-corrected chi connectivity index (χ4v) is 0.307. The number of carbonyl (C=O) groups excluding carboxylic acids is 1. The Morgan fingerprint density at radius 3 is 1.80 bits per heavy atom. The van der Waals surface area contributed by atoms with Crippen molar-refractivity contribution in [3.8, 4) is 0 Å². The SMILES string of the molecule is C=CC(=O)O[N+](C)(C)C.COS(=O)(=O)[O-]. The molecule has 15 heavy (non-hydrogen) atoms. The standard InChI is InChI=1S/C6H12NO2.CH4O4S/c1-5-6(8)9-7(2,3)4;1-5-6(2,3)4/h5H,1H2,2-4H3;1H3,(H,2,3,4)/q+1;/p-1. The van der Waals surface area contributed by atoms with E-state index in [-0.39, 0.29) is 4.65 Å². The molecule has 0 bridgehead atoms. The summed E-state index contributed by atoms with van der Waals surface area (Å²) in [5, 5.41) is 0. The van der Waals surface area contributed by atoms with Crippen molar-refractivity contribution >= 4 is 16.4 Å². The molecular weight excluding hydrogens is 226 g/mol. The first kappa shape index (κ1) is 16.5. The third-order valence-corrected chi connectivity index (χ3v) is 1.14. The van der Waals surface area contributed by atoms with Crippen LogP contribution in [0, 0.1) is 0 Å². The van der Waals surface area contributed by atoms with Gasteiger partial charge in [-0.25, -0.2) is 13.2 Å². The maximum atomic E-state index is 10.5. The fraction of sp³-hybridized carbons (Fsp3) is 0.571. The van der Waals surface area contributed by atoms with E-state index in [0.29, 0.717) is 0 Å². The Balaban J connectivity index is 0. The first-order valence-electron chi connectivity index (χ1n) is 3.70. The minimum Gasteiger partial charge on any atom is -0.726 e. The van der Waals surface area contributed by atoms with Gasteiger partial charge in [-0.1, -0.05) is 6.58 Å². The zero-order valence-corrected chi connectivity index (χ0v) is 9.91. The Labute approximate surface area is 89.4 Å². The van der Waals surface area contributed by atoms with Gasteiger partial charge in [0.15, 0.2) is 0 Å². The molecule has 0 aromatic carbocycles. The highest BCUT2D eigenvalue weighted by Gasteiger charge is 2.11. The summed E-state index contributed by atoms with van der Waals surface area (Å²) in [7, 11) is 1.65. The molecule has 0 aromatic heterocycles. The molecule has 0 fully saturated rings. The summed E-state index contributed by atoms with van der Waals surface area (Å²) in [5.74, 6) is -0.400. The molecular formula is C7H15NO6S. The highest BCUT2D eigenvalue weighted by molar-refractivity contribution is 7.80. The highest BCUT2D eigenvalue weighted by atomic mass is 32.3. The van der Waals surface area contributed by atoms with E-state index in [1.807, 2.05) is 0 Å². The lowest BCUT2D eigenvalue weighted by atomic mass is 10.7. The van der Waals surface area contributed by atoms with E-state index in [1.54, 1.807) is 21.1 Å². The van der Waals surface area contributed by atoms with Crippen LogP contribution in [0.4, 0.5) is 0 Å². The number of hydrogen-bond donors (Lipinski definition) is 0. The summed E-state index contributed by atoms with van der Waals surface area (Å²) in [6.07, 6.45) is 1.14. The van der Waals surface area contributed by atoms with Crippen LogP contribution in [0.2, 0.25) is 0 Å². The summed E-state index contributed by atoms with van der Waals surface area (Å²) >= 11 is 0. The molecule has 0 aliphatic rings. The summed E-state index contributed by atoms with van der Waals surface area (Å²) < 4.78 is 31.2. The van der Waals surface area contributed by atoms with E-state index in [4.69, 9.17) is 4.84 Å². The molecule has 0 aromatic rings. The molecule has 0 aliphatic heterocycles. The van der Waals surface area contributed by atoms with Crippen LogP contribution in [-0.4, -0.2) is 51.8 Å². The van der Waals surface area contributed by atoms with Crippen molar-refractivity contribution in [3.05, 3.63) is 12.7 Å². The van der Waals surface area contributed by atoms with E-state index in [0.717, 1.165) is 13.2 Å². The van der Waals surface area contributed by atoms with Crippen LogP contribution < -0.4 is 0 Å². The molecule has 0 saturated heterocycles. The number of rotatable bonds is 3. The Morgan fingerprint density at radius 1 is 1.40 bits per heavy atom. The van der Waals surface area contributed by atoms with Crippen molar-refractivity contribution in [2.24, 2.45) is 0 Å². The summed E-state index contributed by atoms with van der Waals surface area (Å²) in [6.45, 7) is 3.26. The zero-order chi connectivity index (χ0) is 12.7. The van der Waals surface area contributed by atoms with Gasteiger partial charge in [0.25, 0.3) is 0 Å². The lowest BCUT2D eigenvalue weighted by molar-refractivity contribution is -1.04. The smallest absolute Gasteiger partial charge is 0.389 e. The maximum Gasteiger partial charge on any atom is 0.389 e. The molecule has 0 aliphatic carbocycles. The van der Waals surface area contributed by atoms with E-state index in [9.17, 15) is 17.8 Å². The lowest BCUT2D eigenvalue weighted by Crippen LogP contribution is -2.36. The maximum absolute atomic E-state index is 10.5. The van der Waals surface area contributed by atoms with Gasteiger partial charge in [-0.15, -0.1) is 4.65 Å². The van der Waals surface area contributed by atoms with Crippen molar-refractivity contribution in [3.63, 3.8) is 0 Å². The van der Waals surface area contributed by atoms with Crippen molar-refractivity contribution in [1.82, 2.24) is 0 Å². The average Bonchev–Trinajstić information content (AvgIpc) is 2.01. The molecule has 0 radical (unpaired) electrons. The number of quaternary nitrogens is 1. The first-order valence-corrected chi connectivity index (χ1v) is 5.04. The molecule has 0 spiro atoms. The average molecular weight is 241 g/mol. The van der Waals surface area contributed by atoms with Gasteiger partial charge >= 0.3 is 5.97 Å². The Kier molecular flexibility index (Phi) is 7.15. The number of hydroxylamine groups is 3. The molecule has 0 atom stereocenters. The molecule has 0 rings (SSSR count). The molecule has 0 amide bonds. The van der Waals surface area contributed by atoms with E-state index in [2.05, 4.69) is 10.8 Å². The number of nitrogens with zero attached hydrogens (tertiary/aromatic N) is 1. The van der Waals surface area contributed by atoms with Gasteiger partial charge in [0.2, 0.25) is 10.4 Å². The van der Waals surface area contributed by atoms with Gasteiger partial charge in [-0.3, -0.25) is 9.02 Å². The van der Waals surface area contributed by atoms with Gasteiger partial charge in [0.1, 0.15) is 21.1 Å². The van der Waals surface area contributed by atoms with Crippen molar-refractivity contribution < 1.29 is 31.4 Å². The summed E-state index contributed by atoms with van der Waals surface area (Å²) in [5.41, 5.74) is 0. The topological polar surface area (TPSA) is 92.7 Å². The van der Waals surface area contributed by atoms with Gasteiger partial charge < -0.3 is 4.55 Å². The Hall–Kier alpha value is -0.960. The predicted molar refractivity (Wildman–Crippen MR) is 51.0 cm³/mol. The minimum absolute atomic E-state index is 0.171. The Bertz CT molecular complexity index is 302. The normalized spacial score (nSPS) is 11.0. The van der Waals surface area contributed by atoms with Crippen LogP contribution in [0.5, 0.6) is 0 Å². The van der Waals surface area contributed by atoms with Gasteiger partial charge in [0.05, 0.1) is 7.11 Å². The van der Waals surface area contributed by atoms with Crippen LogP contribution in [0.1, 0.15) is 0 Å². The fourth-order valence-electron chi connectivity index (χ4n) is 0.307. The van der Waals surface area contributed by atoms with Crippen molar-refractivity contribution in [2.45, 2.75) is 0 Å². The third-order valence-electron chi connectivity index (χ3n) is 0.735. The predicted octanol–water partition coefficient (Wildman–Crippen LogP) is -0.570. The summed E-state index contributed by atoms with van der Waals surface area (Å²) in [4.78, 5) is 15.2. The van der Waals surface area contributed by atoms with Crippen molar-refractivity contribution in [1.29, 1.82) is 0 Å². The van der Waals surface area contributed by atoms with Crippen molar-refractivity contribution in [2.75, 3.05) is 28.3 Å². The molecule has 8 heteroatoms. The monoisotopic (exact) mass is 241 g/mol. The van der Waals surface area contributed by atoms with Gasteiger partial charge in [-0.2, -0.15) is 0 Å². The van der Waals surface area contributed by atoms with E-state index in [1.165, 1.54) is 0 Å².